The lowest BCUT2D eigenvalue weighted by atomic mass is 10.7. The van der Waals surface area contributed by atoms with Crippen molar-refractivity contribution >= 4 is 40.6 Å². The summed E-state index contributed by atoms with van der Waals surface area (Å²) in [5.74, 6) is -0.238. The van der Waals surface area contributed by atoms with Gasteiger partial charge in [-0.2, -0.15) is 10.2 Å². The maximum Gasteiger partial charge on any atom is 0.252 e. The van der Waals surface area contributed by atoms with Gasteiger partial charge in [0, 0.05) is 0 Å². The van der Waals surface area contributed by atoms with E-state index < -0.39 is 3.79 Å². The lowest BCUT2D eigenvalue weighted by Crippen LogP contribution is -2.30. The van der Waals surface area contributed by atoms with Crippen LogP contribution in [-0.2, 0) is 0 Å². The van der Waals surface area contributed by atoms with Crippen molar-refractivity contribution in [2.75, 3.05) is 6.67 Å². The molecule has 0 unspecified atom stereocenters. The van der Waals surface area contributed by atoms with Gasteiger partial charge in [0.05, 0.1) is 0 Å². The number of nitrogens with zero attached hydrogens (tertiary/aromatic N) is 2. The number of amidine groups is 1. The minimum absolute atomic E-state index is 0.0801. The quantitative estimate of drug-likeness (QED) is 0.479. The van der Waals surface area contributed by atoms with Crippen LogP contribution in [0.15, 0.2) is 5.10 Å². The fraction of sp³-hybridized carbons (Fsp3) is 0.667. The normalized spacial score (nSPS) is 18.8. The van der Waals surface area contributed by atoms with E-state index in [2.05, 4.69) is 10.5 Å². The Morgan fingerprint density at radius 1 is 1.60 bits per heavy atom. The van der Waals surface area contributed by atoms with Crippen molar-refractivity contribution in [2.45, 2.75) is 3.79 Å². The zero-order valence-electron chi connectivity index (χ0n) is 4.61. The first-order chi connectivity index (χ1) is 4.52. The molecular weight excluding hydrogens is 203 g/mol. The molecule has 0 atom stereocenters. The zero-order chi connectivity index (χ0) is 7.78. The Hall–Kier alpha value is 0.0700. The Kier molecular flexibility index (Phi) is 2.12. The predicted octanol–water partition coefficient (Wildman–Crippen LogP) is 1.42. The Labute approximate surface area is 71.6 Å². The molecule has 1 heterocycles. The van der Waals surface area contributed by atoms with Crippen LogP contribution in [-0.4, -0.2) is 21.4 Å². The third kappa shape index (κ3) is 1.56. The van der Waals surface area contributed by atoms with E-state index in [1.165, 1.54) is 0 Å². The van der Waals surface area contributed by atoms with Gasteiger partial charge < -0.3 is 0 Å². The van der Waals surface area contributed by atoms with Gasteiger partial charge in [-0.3, -0.25) is 5.43 Å². The lowest BCUT2D eigenvalue weighted by Gasteiger charge is -2.12. The van der Waals surface area contributed by atoms with E-state index >= 15 is 0 Å². The van der Waals surface area contributed by atoms with Gasteiger partial charge in [-0.05, 0) is 0 Å². The predicted molar refractivity (Wildman–Crippen MR) is 38.7 cm³/mol. The molecule has 0 amide bonds. The standard InChI is InChI=1S/C3H3Cl3FN3/c4-3(5,6)2-9-8-1-10(2)7/h8H,1H2. The molecule has 0 aromatic heterocycles. The average molecular weight is 206 g/mol. The largest absolute Gasteiger partial charge is 0.286 e. The lowest BCUT2D eigenvalue weighted by molar-refractivity contribution is 0.125. The van der Waals surface area contributed by atoms with Crippen molar-refractivity contribution in [3.63, 3.8) is 0 Å². The number of hydrogen-bond acceptors (Lipinski definition) is 3. The van der Waals surface area contributed by atoms with E-state index in [0.717, 1.165) is 0 Å². The van der Waals surface area contributed by atoms with Crippen LogP contribution in [0.5, 0.6) is 0 Å². The van der Waals surface area contributed by atoms with Crippen LogP contribution in [0.2, 0.25) is 0 Å². The molecule has 0 saturated heterocycles. The summed E-state index contributed by atoms with van der Waals surface area (Å²) < 4.78 is 10.7. The molecule has 0 fully saturated rings. The van der Waals surface area contributed by atoms with Crippen molar-refractivity contribution in [1.29, 1.82) is 0 Å². The average Bonchev–Trinajstić information content (AvgIpc) is 2.11. The van der Waals surface area contributed by atoms with Gasteiger partial charge in [0.25, 0.3) is 3.79 Å². The Balaban J connectivity index is 2.72. The second-order valence-corrected chi connectivity index (χ2v) is 3.89. The van der Waals surface area contributed by atoms with Crippen molar-refractivity contribution in [3.8, 4) is 0 Å². The minimum atomic E-state index is -1.79. The molecule has 0 aromatic rings. The van der Waals surface area contributed by atoms with Crippen molar-refractivity contribution < 1.29 is 4.48 Å². The van der Waals surface area contributed by atoms with E-state index in [9.17, 15) is 4.48 Å². The van der Waals surface area contributed by atoms with Gasteiger partial charge in [-0.15, -0.1) is 0 Å². The van der Waals surface area contributed by atoms with Gasteiger partial charge in [0.15, 0.2) is 0 Å². The van der Waals surface area contributed by atoms with E-state index in [-0.39, 0.29) is 17.6 Å². The van der Waals surface area contributed by atoms with Crippen LogP contribution in [0, 0.1) is 0 Å². The van der Waals surface area contributed by atoms with Crippen LogP contribution in [0.25, 0.3) is 0 Å². The number of halogens is 4. The fourth-order valence-electron chi connectivity index (χ4n) is 0.502. The molecular formula is C3H3Cl3FN3. The molecule has 0 aromatic carbocycles. The number of alkyl halides is 3. The first-order valence-electron chi connectivity index (χ1n) is 2.33. The SMILES string of the molecule is FN1CNN=C1C(Cl)(Cl)Cl. The van der Waals surface area contributed by atoms with Crippen LogP contribution < -0.4 is 5.43 Å². The summed E-state index contributed by atoms with van der Waals surface area (Å²) in [7, 11) is 0. The molecule has 10 heavy (non-hydrogen) atoms. The number of nitrogens with one attached hydrogen (secondary N) is 1. The van der Waals surface area contributed by atoms with Gasteiger partial charge >= 0.3 is 0 Å². The Morgan fingerprint density at radius 3 is 2.40 bits per heavy atom. The van der Waals surface area contributed by atoms with Gasteiger partial charge in [0.2, 0.25) is 5.84 Å². The van der Waals surface area contributed by atoms with E-state index in [4.69, 9.17) is 34.8 Å². The molecule has 0 saturated carbocycles. The minimum Gasteiger partial charge on any atom is -0.286 e. The van der Waals surface area contributed by atoms with Crippen molar-refractivity contribution in [1.82, 2.24) is 10.5 Å². The maximum atomic E-state index is 12.5. The number of hydrazone groups is 1. The third-order valence-corrected chi connectivity index (χ3v) is 1.38. The van der Waals surface area contributed by atoms with Crippen molar-refractivity contribution in [2.24, 2.45) is 5.10 Å². The molecule has 58 valence electrons. The molecule has 1 aliphatic rings. The monoisotopic (exact) mass is 205 g/mol. The summed E-state index contributed by atoms with van der Waals surface area (Å²) in [4.78, 5) is 0. The Morgan fingerprint density at radius 2 is 2.20 bits per heavy atom. The van der Waals surface area contributed by atoms with Crippen LogP contribution in [0.1, 0.15) is 0 Å². The molecule has 1 aliphatic heterocycles. The first kappa shape index (κ1) is 8.17. The first-order valence-corrected chi connectivity index (χ1v) is 3.46. The summed E-state index contributed by atoms with van der Waals surface area (Å²) in [6, 6.07) is 0. The summed E-state index contributed by atoms with van der Waals surface area (Å²) in [6.07, 6.45) is 0. The summed E-state index contributed by atoms with van der Waals surface area (Å²) >= 11 is 15.9. The maximum absolute atomic E-state index is 12.5. The molecule has 1 N–H and O–H groups in total. The third-order valence-electron chi connectivity index (χ3n) is 0.878. The van der Waals surface area contributed by atoms with Crippen molar-refractivity contribution in [3.05, 3.63) is 0 Å². The second kappa shape index (κ2) is 2.60. The summed E-state index contributed by atoms with van der Waals surface area (Å²) in [5, 5.41) is 3.64. The van der Waals surface area contributed by atoms with Gasteiger partial charge in [0.1, 0.15) is 6.67 Å². The summed E-state index contributed by atoms with van der Waals surface area (Å²) in [6.45, 7) is -0.0801. The van der Waals surface area contributed by atoms with Crippen LogP contribution in [0.3, 0.4) is 0 Å². The highest BCUT2D eigenvalue weighted by Gasteiger charge is 2.36. The summed E-state index contributed by atoms with van der Waals surface area (Å²) in [5.41, 5.74) is 2.31. The molecule has 0 bridgehead atoms. The van der Waals surface area contributed by atoms with Crippen LogP contribution >= 0.6 is 34.8 Å². The van der Waals surface area contributed by atoms with E-state index in [1.807, 2.05) is 0 Å². The van der Waals surface area contributed by atoms with Gasteiger partial charge in [-0.25, -0.2) is 0 Å². The topological polar surface area (TPSA) is 27.6 Å². The molecule has 0 radical (unpaired) electrons. The highest BCUT2D eigenvalue weighted by atomic mass is 35.6. The van der Waals surface area contributed by atoms with Gasteiger partial charge in [-0.1, -0.05) is 39.3 Å². The molecule has 0 spiro atoms. The Bertz CT molecular complexity index is 165. The molecule has 3 nitrogen and oxygen atoms in total. The van der Waals surface area contributed by atoms with E-state index in [1.54, 1.807) is 0 Å². The second-order valence-electron chi connectivity index (χ2n) is 1.61. The number of rotatable bonds is 0. The molecule has 7 heteroatoms. The molecule has 0 aliphatic carbocycles. The highest BCUT2D eigenvalue weighted by Crippen LogP contribution is 2.30. The smallest absolute Gasteiger partial charge is 0.252 e. The number of hydrogen-bond donors (Lipinski definition) is 1. The highest BCUT2D eigenvalue weighted by molar-refractivity contribution is 6.76. The molecule has 1 rings (SSSR count). The zero-order valence-corrected chi connectivity index (χ0v) is 6.88. The van der Waals surface area contributed by atoms with Crippen LogP contribution in [0.4, 0.5) is 4.48 Å². The fourth-order valence-corrected chi connectivity index (χ4v) is 0.904. The van der Waals surface area contributed by atoms with E-state index in [0.29, 0.717) is 0 Å².